The molecule has 0 bridgehead atoms. The molecule has 6 nitrogen and oxygen atoms in total. The minimum absolute atomic E-state index is 0.0305. The number of oxime groups is 1. The average Bonchev–Trinajstić information content (AvgIpc) is 2.74. The van der Waals surface area contributed by atoms with Gasteiger partial charge in [0.15, 0.2) is 23.2 Å². The minimum atomic E-state index is -0.663. The van der Waals surface area contributed by atoms with Gasteiger partial charge in [-0.05, 0) is 42.7 Å². The number of amidine groups is 1. The van der Waals surface area contributed by atoms with Gasteiger partial charge in [0.05, 0.1) is 29.0 Å². The molecule has 2 heterocycles. The molecule has 3 aromatic rings. The molecule has 30 heavy (non-hydrogen) atoms. The molecule has 0 unspecified atom stereocenters. The first kappa shape index (κ1) is 20.4. The smallest absolute Gasteiger partial charge is 0.184 e. The van der Waals surface area contributed by atoms with Crippen molar-refractivity contribution in [3.63, 3.8) is 0 Å². The third-order valence-electron chi connectivity index (χ3n) is 4.53. The lowest BCUT2D eigenvalue weighted by Gasteiger charge is -2.25. The van der Waals surface area contributed by atoms with Gasteiger partial charge in [0.1, 0.15) is 6.61 Å². The van der Waals surface area contributed by atoms with E-state index in [-0.39, 0.29) is 22.6 Å². The highest BCUT2D eigenvalue weighted by Gasteiger charge is 2.23. The van der Waals surface area contributed by atoms with Crippen LogP contribution >= 0.6 is 23.2 Å². The van der Waals surface area contributed by atoms with Crippen molar-refractivity contribution in [1.82, 2.24) is 15.5 Å². The molecule has 0 amide bonds. The van der Waals surface area contributed by atoms with Gasteiger partial charge in [-0.2, -0.15) is 10.2 Å². The summed E-state index contributed by atoms with van der Waals surface area (Å²) < 4.78 is 20.0. The van der Waals surface area contributed by atoms with Gasteiger partial charge in [-0.15, -0.1) is 0 Å². The second-order valence-electron chi connectivity index (χ2n) is 6.80. The van der Waals surface area contributed by atoms with E-state index >= 15 is 0 Å². The van der Waals surface area contributed by atoms with Crippen LogP contribution in [0.1, 0.15) is 16.7 Å². The van der Waals surface area contributed by atoms with E-state index in [2.05, 4.69) is 20.7 Å². The molecule has 1 N–H and O–H groups in total. The Bertz CT molecular complexity index is 1110. The van der Waals surface area contributed by atoms with Gasteiger partial charge >= 0.3 is 0 Å². The monoisotopic (exact) mass is 446 g/mol. The molecule has 2 aromatic carbocycles. The summed E-state index contributed by atoms with van der Waals surface area (Å²) in [5, 5.41) is 15.8. The molecule has 154 valence electrons. The molecule has 0 saturated carbocycles. The number of nitrogens with zero attached hydrogens (tertiary/aromatic N) is 3. The van der Waals surface area contributed by atoms with Gasteiger partial charge in [0.25, 0.3) is 0 Å². The van der Waals surface area contributed by atoms with Crippen LogP contribution in [0.3, 0.4) is 0 Å². The first-order valence-corrected chi connectivity index (χ1v) is 9.91. The Labute approximate surface area is 182 Å². The van der Waals surface area contributed by atoms with Crippen LogP contribution in [0.5, 0.6) is 11.5 Å². The van der Waals surface area contributed by atoms with Crippen molar-refractivity contribution < 1.29 is 14.0 Å². The van der Waals surface area contributed by atoms with Crippen LogP contribution in [0.4, 0.5) is 4.39 Å². The fraction of sp³-hybridized carbons (Fsp3) is 0.190. The zero-order chi connectivity index (χ0) is 21.1. The minimum Gasteiger partial charge on any atom is -0.452 e. The molecule has 1 aromatic heterocycles. The second-order valence-corrected chi connectivity index (χ2v) is 7.61. The summed E-state index contributed by atoms with van der Waals surface area (Å²) in [6, 6.07) is 10.4. The summed E-state index contributed by atoms with van der Waals surface area (Å²) in [6.07, 6.45) is 3.48. The Morgan fingerprint density at radius 2 is 1.97 bits per heavy atom. The summed E-state index contributed by atoms with van der Waals surface area (Å²) in [4.78, 5) is 5.42. The number of hydrogen-bond acceptors (Lipinski definition) is 6. The van der Waals surface area contributed by atoms with Crippen LogP contribution in [0, 0.1) is 12.7 Å². The van der Waals surface area contributed by atoms with E-state index in [9.17, 15) is 4.39 Å². The molecule has 0 aliphatic carbocycles. The predicted molar refractivity (Wildman–Crippen MR) is 113 cm³/mol. The van der Waals surface area contributed by atoms with Crippen LogP contribution in [0.15, 0.2) is 53.9 Å². The van der Waals surface area contributed by atoms with Gasteiger partial charge in [-0.1, -0.05) is 46.6 Å². The van der Waals surface area contributed by atoms with E-state index in [1.807, 2.05) is 25.1 Å². The highest BCUT2D eigenvalue weighted by Crippen LogP contribution is 2.30. The van der Waals surface area contributed by atoms with Crippen molar-refractivity contribution in [2.75, 3.05) is 6.61 Å². The average molecular weight is 447 g/mol. The first-order valence-electron chi connectivity index (χ1n) is 9.15. The van der Waals surface area contributed by atoms with Crippen LogP contribution in [0.25, 0.3) is 0 Å². The first-order chi connectivity index (χ1) is 14.5. The molecular weight excluding hydrogens is 430 g/mol. The Morgan fingerprint density at radius 3 is 2.80 bits per heavy atom. The molecule has 1 aliphatic heterocycles. The number of benzene rings is 2. The highest BCUT2D eigenvalue weighted by atomic mass is 35.5. The number of halogens is 3. The highest BCUT2D eigenvalue weighted by molar-refractivity contribution is 6.31. The van der Waals surface area contributed by atoms with Crippen molar-refractivity contribution in [2.24, 2.45) is 5.16 Å². The van der Waals surface area contributed by atoms with E-state index in [0.29, 0.717) is 29.4 Å². The standard InChI is InChI=1S/C21H17Cl2FN4O2/c1-12-5-6-13(17(23)7-12)8-14-11-29-28-21(27-14)15-9-25-26-10-19(15)30-18-4-2-3-16(22)20(18)24/h2-7,9-10,14H,8,11H2,1H3,(H,27,28)/t14-/m1/s1. The van der Waals surface area contributed by atoms with Crippen molar-refractivity contribution in [2.45, 2.75) is 19.4 Å². The van der Waals surface area contributed by atoms with E-state index in [4.69, 9.17) is 32.8 Å². The van der Waals surface area contributed by atoms with Crippen molar-refractivity contribution >= 4 is 29.0 Å². The molecule has 0 spiro atoms. The lowest BCUT2D eigenvalue weighted by Crippen LogP contribution is -2.43. The van der Waals surface area contributed by atoms with E-state index in [1.165, 1.54) is 24.5 Å². The largest absolute Gasteiger partial charge is 0.452 e. The zero-order valence-electron chi connectivity index (χ0n) is 15.9. The van der Waals surface area contributed by atoms with E-state index in [1.54, 1.807) is 6.07 Å². The Hall–Kier alpha value is -2.90. The topological polar surface area (TPSA) is 68.6 Å². The van der Waals surface area contributed by atoms with Gasteiger partial charge in [-0.25, -0.2) is 4.39 Å². The molecule has 1 aliphatic rings. The summed E-state index contributed by atoms with van der Waals surface area (Å²) >= 11 is 12.2. The number of aromatic nitrogens is 2. The summed E-state index contributed by atoms with van der Waals surface area (Å²) in [6.45, 7) is 2.36. The SMILES string of the molecule is Cc1ccc(C[C@@H]2CON=C(c3cnncc3Oc3cccc(Cl)c3F)N2)c(Cl)c1. The Kier molecular flexibility index (Phi) is 6.01. The van der Waals surface area contributed by atoms with Crippen LogP contribution in [-0.2, 0) is 11.3 Å². The molecule has 4 rings (SSSR count). The maximum absolute atomic E-state index is 14.3. The molecule has 0 saturated heterocycles. The van der Waals surface area contributed by atoms with Crippen LogP contribution in [0.2, 0.25) is 10.0 Å². The lowest BCUT2D eigenvalue weighted by molar-refractivity contribution is 0.109. The fourth-order valence-electron chi connectivity index (χ4n) is 3.02. The van der Waals surface area contributed by atoms with Crippen molar-refractivity contribution in [3.8, 4) is 11.5 Å². The molecule has 0 fully saturated rings. The maximum Gasteiger partial charge on any atom is 0.184 e. The maximum atomic E-state index is 14.3. The zero-order valence-corrected chi connectivity index (χ0v) is 17.4. The second kappa shape index (κ2) is 8.85. The molecule has 0 radical (unpaired) electrons. The lowest BCUT2D eigenvalue weighted by atomic mass is 10.0. The van der Waals surface area contributed by atoms with Gasteiger partial charge in [-0.3, -0.25) is 0 Å². The third kappa shape index (κ3) is 4.47. The summed E-state index contributed by atoms with van der Waals surface area (Å²) in [7, 11) is 0. The van der Waals surface area contributed by atoms with E-state index < -0.39 is 5.82 Å². The molecular formula is C21H17Cl2FN4O2. The van der Waals surface area contributed by atoms with Crippen LogP contribution < -0.4 is 10.1 Å². The van der Waals surface area contributed by atoms with Gasteiger partial charge in [0, 0.05) is 5.02 Å². The number of ether oxygens (including phenoxy) is 1. The summed E-state index contributed by atoms with van der Waals surface area (Å²) in [5.41, 5.74) is 2.57. The third-order valence-corrected chi connectivity index (χ3v) is 5.18. The molecule has 9 heteroatoms. The van der Waals surface area contributed by atoms with Gasteiger partial charge in [0.2, 0.25) is 0 Å². The summed E-state index contributed by atoms with van der Waals surface area (Å²) in [5.74, 6) is -0.0301. The number of nitrogens with one attached hydrogen (secondary N) is 1. The Balaban J connectivity index is 1.55. The van der Waals surface area contributed by atoms with Crippen molar-refractivity contribution in [3.05, 3.63) is 81.3 Å². The van der Waals surface area contributed by atoms with E-state index in [0.717, 1.165) is 11.1 Å². The van der Waals surface area contributed by atoms with Gasteiger partial charge < -0.3 is 14.9 Å². The predicted octanol–water partition coefficient (Wildman–Crippen LogP) is 4.92. The number of aryl methyl sites for hydroxylation is 1. The quantitative estimate of drug-likeness (QED) is 0.602. The van der Waals surface area contributed by atoms with Crippen LogP contribution in [-0.4, -0.2) is 28.7 Å². The normalized spacial score (nSPS) is 15.7. The Morgan fingerprint density at radius 1 is 1.13 bits per heavy atom. The number of hydrogen-bond donors (Lipinski definition) is 1. The molecule has 1 atom stereocenters. The van der Waals surface area contributed by atoms with Crippen molar-refractivity contribution in [1.29, 1.82) is 0 Å². The fourth-order valence-corrected chi connectivity index (χ4v) is 3.50. The number of rotatable bonds is 5.